The number of ether oxygens (including phenoxy) is 4. The van der Waals surface area contributed by atoms with Crippen molar-refractivity contribution in [1.82, 2.24) is 19.8 Å². The van der Waals surface area contributed by atoms with Crippen LogP contribution in [0.1, 0.15) is 24.0 Å². The van der Waals surface area contributed by atoms with Gasteiger partial charge in [0.1, 0.15) is 48.3 Å². The summed E-state index contributed by atoms with van der Waals surface area (Å²) >= 11 is 0. The number of nitrogens with zero attached hydrogens (tertiary/aromatic N) is 4. The number of hydrogen-bond acceptors (Lipinski definition) is 12. The summed E-state index contributed by atoms with van der Waals surface area (Å²) < 4.78 is 21.8. The van der Waals surface area contributed by atoms with Gasteiger partial charge in [0.2, 0.25) is 5.91 Å². The number of methoxy groups -OCH3 is 2. The molecular weight excluding hydrogens is 590 g/mol. The molecule has 1 aromatic heterocycles. The predicted molar refractivity (Wildman–Crippen MR) is 162 cm³/mol. The summed E-state index contributed by atoms with van der Waals surface area (Å²) in [6.07, 6.45) is -0.00848. The second-order valence-corrected chi connectivity index (χ2v) is 10.4. The highest BCUT2D eigenvalue weighted by molar-refractivity contribution is 5.87. The first-order valence-corrected chi connectivity index (χ1v) is 14.4. The van der Waals surface area contributed by atoms with E-state index in [-0.39, 0.29) is 44.1 Å². The van der Waals surface area contributed by atoms with Gasteiger partial charge in [-0.05, 0) is 37.1 Å². The van der Waals surface area contributed by atoms with E-state index in [9.17, 15) is 24.5 Å². The maximum Gasteiger partial charge on any atom is 0.306 e. The van der Waals surface area contributed by atoms with E-state index in [2.05, 4.69) is 14.8 Å². The number of esters is 1. The third kappa shape index (κ3) is 8.59. The van der Waals surface area contributed by atoms with Gasteiger partial charge in [-0.1, -0.05) is 0 Å². The van der Waals surface area contributed by atoms with Crippen LogP contribution in [0.2, 0.25) is 0 Å². The summed E-state index contributed by atoms with van der Waals surface area (Å²) in [5.41, 5.74) is 2.40. The Hall–Kier alpha value is -4.92. The van der Waals surface area contributed by atoms with Gasteiger partial charge in [0, 0.05) is 56.8 Å². The molecule has 4 rings (SSSR count). The molecule has 1 amide bonds. The van der Waals surface area contributed by atoms with Gasteiger partial charge in [-0.15, -0.1) is 10.1 Å². The van der Waals surface area contributed by atoms with Gasteiger partial charge < -0.3 is 33.7 Å². The van der Waals surface area contributed by atoms with E-state index in [1.807, 2.05) is 30.9 Å². The minimum absolute atomic E-state index is 0.0154. The Morgan fingerprint density at radius 1 is 0.978 bits per heavy atom. The van der Waals surface area contributed by atoms with E-state index >= 15 is 0 Å². The summed E-state index contributed by atoms with van der Waals surface area (Å²) in [6.45, 7) is 6.39. The number of fused-ring (bicyclic) bond motifs is 1. The third-order valence-electron chi connectivity index (χ3n) is 7.40. The van der Waals surface area contributed by atoms with Crippen LogP contribution >= 0.6 is 0 Å². The van der Waals surface area contributed by atoms with Crippen molar-refractivity contribution in [2.75, 3.05) is 66.8 Å². The Labute approximate surface area is 259 Å². The van der Waals surface area contributed by atoms with E-state index in [1.165, 1.54) is 14.2 Å². The Kier molecular flexibility index (Phi) is 11.1. The van der Waals surface area contributed by atoms with Crippen LogP contribution in [0.15, 0.2) is 29.1 Å². The molecule has 45 heavy (non-hydrogen) atoms. The topological polar surface area (TPSA) is 176 Å². The van der Waals surface area contributed by atoms with Crippen molar-refractivity contribution in [3.63, 3.8) is 0 Å². The third-order valence-corrected chi connectivity index (χ3v) is 7.40. The molecule has 1 N–H and O–H groups in total. The standard InChI is InChI=1S/C30H37N5O10/c1-19-15-21(29-31-23-17-22(41-3)18-24(42-4)27(23)30(38)32-29)16-20(2)28(19)44-14-13-43-26(37)6-5-25(36)34-9-7-33(8-10-34)11-12-45-35(39)40/h15-18H,5-14H2,1-4H3,(H,31,32,38). The molecule has 15 heteroatoms. The molecule has 1 fully saturated rings. The average molecular weight is 628 g/mol. The SMILES string of the molecule is COc1cc(OC)c2c(=O)[nH]c(-c3cc(C)c(OCCOC(=O)CCC(=O)N4CCN(CCO[N+](=O)[O-])CC4)c(C)c3)nc2c1. The number of piperazine rings is 1. The van der Waals surface area contributed by atoms with Crippen LogP contribution in [0.3, 0.4) is 0 Å². The van der Waals surface area contributed by atoms with E-state index in [0.29, 0.717) is 72.3 Å². The van der Waals surface area contributed by atoms with Crippen LogP contribution in [0.5, 0.6) is 17.2 Å². The van der Waals surface area contributed by atoms with Crippen molar-refractivity contribution >= 4 is 22.8 Å². The van der Waals surface area contributed by atoms with E-state index in [1.54, 1.807) is 17.0 Å². The quantitative estimate of drug-likeness (QED) is 0.120. The van der Waals surface area contributed by atoms with Crippen molar-refractivity contribution < 1.29 is 38.5 Å². The maximum absolute atomic E-state index is 12.9. The molecule has 2 aromatic carbocycles. The summed E-state index contributed by atoms with van der Waals surface area (Å²) in [7, 11) is 3.00. The average Bonchev–Trinajstić information content (AvgIpc) is 3.02. The zero-order valence-electron chi connectivity index (χ0n) is 25.8. The zero-order chi connectivity index (χ0) is 32.5. The van der Waals surface area contributed by atoms with Gasteiger partial charge in [0.05, 0.1) is 26.2 Å². The largest absolute Gasteiger partial charge is 0.497 e. The number of benzene rings is 2. The van der Waals surface area contributed by atoms with Gasteiger partial charge in [0.25, 0.3) is 10.6 Å². The van der Waals surface area contributed by atoms with Crippen molar-refractivity contribution in [3.8, 4) is 28.6 Å². The molecule has 0 atom stereocenters. The number of aryl methyl sites for hydroxylation is 2. The number of rotatable bonds is 14. The Balaban J connectivity index is 1.25. The summed E-state index contributed by atoms with van der Waals surface area (Å²) in [5.74, 6) is 1.25. The van der Waals surface area contributed by atoms with Gasteiger partial charge >= 0.3 is 5.97 Å². The molecule has 1 saturated heterocycles. The first kappa shape index (κ1) is 33.0. The first-order chi connectivity index (χ1) is 21.6. The van der Waals surface area contributed by atoms with Crippen molar-refractivity contribution in [1.29, 1.82) is 0 Å². The van der Waals surface area contributed by atoms with E-state index in [4.69, 9.17) is 18.9 Å². The second-order valence-electron chi connectivity index (χ2n) is 10.4. The van der Waals surface area contributed by atoms with Crippen LogP contribution in [0.4, 0.5) is 0 Å². The number of aromatic nitrogens is 2. The van der Waals surface area contributed by atoms with E-state index in [0.717, 1.165) is 11.1 Å². The molecule has 0 bridgehead atoms. The second kappa shape index (κ2) is 15.2. The molecular formula is C30H37N5O10. The van der Waals surface area contributed by atoms with Crippen LogP contribution < -0.4 is 19.8 Å². The molecule has 15 nitrogen and oxygen atoms in total. The minimum Gasteiger partial charge on any atom is -0.497 e. The number of hydrogen-bond donors (Lipinski definition) is 1. The highest BCUT2D eigenvalue weighted by atomic mass is 16.9. The monoisotopic (exact) mass is 627 g/mol. The predicted octanol–water partition coefficient (Wildman–Crippen LogP) is 2.28. The van der Waals surface area contributed by atoms with Crippen LogP contribution in [0, 0.1) is 24.0 Å². The number of amides is 1. The van der Waals surface area contributed by atoms with Gasteiger partial charge in [-0.3, -0.25) is 19.3 Å². The van der Waals surface area contributed by atoms with Gasteiger partial charge in [0.15, 0.2) is 0 Å². The molecule has 2 heterocycles. The number of carbonyl (C=O) groups is 2. The molecule has 242 valence electrons. The van der Waals surface area contributed by atoms with Crippen LogP contribution in [-0.4, -0.2) is 103 Å². The lowest BCUT2D eigenvalue weighted by Gasteiger charge is -2.34. The molecule has 0 saturated carbocycles. The Morgan fingerprint density at radius 2 is 1.69 bits per heavy atom. The molecule has 0 aliphatic carbocycles. The van der Waals surface area contributed by atoms with Gasteiger partial charge in [-0.25, -0.2) is 4.98 Å². The number of nitrogens with one attached hydrogen (secondary N) is 1. The maximum atomic E-state index is 12.9. The van der Waals surface area contributed by atoms with Crippen LogP contribution in [0.25, 0.3) is 22.3 Å². The van der Waals surface area contributed by atoms with Crippen molar-refractivity contribution in [2.45, 2.75) is 26.7 Å². The van der Waals surface area contributed by atoms with Crippen LogP contribution in [-0.2, 0) is 19.2 Å². The lowest BCUT2D eigenvalue weighted by atomic mass is 10.0. The van der Waals surface area contributed by atoms with Crippen molar-refractivity contribution in [3.05, 3.63) is 55.9 Å². The fourth-order valence-electron chi connectivity index (χ4n) is 5.15. The molecule has 3 aromatic rings. The van der Waals surface area contributed by atoms with Crippen molar-refractivity contribution in [2.24, 2.45) is 0 Å². The smallest absolute Gasteiger partial charge is 0.306 e. The molecule has 0 radical (unpaired) electrons. The summed E-state index contributed by atoms with van der Waals surface area (Å²) in [5, 5.41) is 9.76. The zero-order valence-corrected chi connectivity index (χ0v) is 25.8. The van der Waals surface area contributed by atoms with E-state index < -0.39 is 11.1 Å². The summed E-state index contributed by atoms with van der Waals surface area (Å²) in [6, 6.07) is 7.00. The molecule has 0 spiro atoms. The molecule has 0 unspecified atom stereocenters. The summed E-state index contributed by atoms with van der Waals surface area (Å²) in [4.78, 5) is 63.4. The number of carbonyl (C=O) groups excluding carboxylic acids is 2. The Morgan fingerprint density at radius 3 is 2.33 bits per heavy atom. The van der Waals surface area contributed by atoms with Gasteiger partial charge in [-0.2, -0.15) is 0 Å². The fourth-order valence-corrected chi connectivity index (χ4v) is 5.15. The number of H-pyrrole nitrogens is 1. The first-order valence-electron chi connectivity index (χ1n) is 14.4. The lowest BCUT2D eigenvalue weighted by Crippen LogP contribution is -2.49. The molecule has 1 aliphatic rings. The molecule has 1 aliphatic heterocycles. The minimum atomic E-state index is -0.823. The highest BCUT2D eigenvalue weighted by Crippen LogP contribution is 2.31. The highest BCUT2D eigenvalue weighted by Gasteiger charge is 2.22. The lowest BCUT2D eigenvalue weighted by molar-refractivity contribution is -0.757. The fraction of sp³-hybridized carbons (Fsp3) is 0.467. The normalized spacial score (nSPS) is 13.4. The number of aromatic amines is 1. The Bertz CT molecular complexity index is 1580.